The largest absolute Gasteiger partial charge is 0.380 e. The monoisotopic (exact) mass is 271 g/mol. The third-order valence-corrected chi connectivity index (χ3v) is 3.01. The highest BCUT2D eigenvalue weighted by atomic mass is 79.9. The zero-order valence-electron chi connectivity index (χ0n) is 9.46. The highest BCUT2D eigenvalue weighted by molar-refractivity contribution is 9.10. The molecule has 0 saturated heterocycles. The highest BCUT2D eigenvalue weighted by Crippen LogP contribution is 2.16. The minimum atomic E-state index is 0.253. The summed E-state index contributed by atoms with van der Waals surface area (Å²) in [4.78, 5) is 0. The second-order valence-corrected chi connectivity index (χ2v) is 4.64. The Hall–Kier alpha value is -0.380. The van der Waals surface area contributed by atoms with E-state index in [0.29, 0.717) is 6.04 Å². The van der Waals surface area contributed by atoms with E-state index in [9.17, 15) is 0 Å². The van der Waals surface area contributed by atoms with E-state index in [4.69, 9.17) is 4.74 Å². The molecule has 84 valence electrons. The average molecular weight is 272 g/mol. The number of rotatable bonds is 5. The topological polar surface area (TPSA) is 21.3 Å². The summed E-state index contributed by atoms with van der Waals surface area (Å²) in [7, 11) is 1.73. The Morgan fingerprint density at radius 3 is 2.40 bits per heavy atom. The maximum Gasteiger partial charge on any atom is 0.0667 e. The number of ether oxygens (including phenoxy) is 1. The van der Waals surface area contributed by atoms with E-state index in [2.05, 4.69) is 59.4 Å². The first-order valence-electron chi connectivity index (χ1n) is 5.15. The molecule has 0 fully saturated rings. The number of nitrogens with one attached hydrogen (secondary N) is 1. The molecule has 0 aliphatic rings. The van der Waals surface area contributed by atoms with Crippen LogP contribution < -0.4 is 5.32 Å². The zero-order valence-corrected chi connectivity index (χ0v) is 11.0. The summed E-state index contributed by atoms with van der Waals surface area (Å²) in [6.45, 7) is 5.08. The van der Waals surface area contributed by atoms with Crippen LogP contribution in [0.15, 0.2) is 28.7 Å². The number of methoxy groups -OCH3 is 1. The van der Waals surface area contributed by atoms with Gasteiger partial charge < -0.3 is 10.1 Å². The summed E-state index contributed by atoms with van der Waals surface area (Å²) in [6, 6.07) is 8.73. The van der Waals surface area contributed by atoms with Gasteiger partial charge in [0.1, 0.15) is 0 Å². The Labute approximate surface area is 100 Å². The van der Waals surface area contributed by atoms with Crippen molar-refractivity contribution in [3.63, 3.8) is 0 Å². The summed E-state index contributed by atoms with van der Waals surface area (Å²) in [5.41, 5.74) is 1.29. The van der Waals surface area contributed by atoms with E-state index in [0.717, 1.165) is 11.0 Å². The minimum Gasteiger partial charge on any atom is -0.380 e. The third kappa shape index (κ3) is 4.33. The van der Waals surface area contributed by atoms with Crippen LogP contribution in [-0.2, 0) is 4.74 Å². The van der Waals surface area contributed by atoms with Gasteiger partial charge in [-0.05, 0) is 31.5 Å². The van der Waals surface area contributed by atoms with Gasteiger partial charge in [-0.1, -0.05) is 28.1 Å². The lowest BCUT2D eigenvalue weighted by Crippen LogP contribution is -2.28. The molecule has 1 N–H and O–H groups in total. The molecule has 0 heterocycles. The van der Waals surface area contributed by atoms with Crippen molar-refractivity contribution in [3.8, 4) is 0 Å². The van der Waals surface area contributed by atoms with Gasteiger partial charge in [0.05, 0.1) is 6.10 Å². The van der Waals surface area contributed by atoms with Gasteiger partial charge in [-0.25, -0.2) is 0 Å². The van der Waals surface area contributed by atoms with Crippen LogP contribution in [-0.4, -0.2) is 19.8 Å². The van der Waals surface area contributed by atoms with Crippen molar-refractivity contribution in [2.24, 2.45) is 0 Å². The fourth-order valence-corrected chi connectivity index (χ4v) is 1.56. The van der Waals surface area contributed by atoms with Gasteiger partial charge in [0.15, 0.2) is 0 Å². The first-order chi connectivity index (χ1) is 7.13. The summed E-state index contributed by atoms with van der Waals surface area (Å²) >= 11 is 3.43. The van der Waals surface area contributed by atoms with Crippen LogP contribution in [0.5, 0.6) is 0 Å². The predicted octanol–water partition coefficient (Wildman–Crippen LogP) is 3.13. The summed E-state index contributed by atoms with van der Waals surface area (Å²) in [5, 5.41) is 3.43. The molecule has 2 nitrogen and oxygen atoms in total. The number of benzene rings is 1. The van der Waals surface area contributed by atoms with E-state index in [1.807, 2.05) is 0 Å². The fraction of sp³-hybridized carbons (Fsp3) is 0.500. The van der Waals surface area contributed by atoms with Crippen molar-refractivity contribution in [2.45, 2.75) is 26.0 Å². The Balaban J connectivity index is 2.46. The van der Waals surface area contributed by atoms with E-state index in [-0.39, 0.29) is 6.10 Å². The molecular weight excluding hydrogens is 254 g/mol. The normalized spacial score (nSPS) is 14.9. The van der Waals surface area contributed by atoms with Gasteiger partial charge in [-0.15, -0.1) is 0 Å². The van der Waals surface area contributed by atoms with Crippen LogP contribution in [0.4, 0.5) is 0 Å². The van der Waals surface area contributed by atoms with Gasteiger partial charge in [0.2, 0.25) is 0 Å². The molecule has 2 atom stereocenters. The fourth-order valence-electron chi connectivity index (χ4n) is 1.30. The zero-order chi connectivity index (χ0) is 11.3. The maximum atomic E-state index is 5.19. The second-order valence-electron chi connectivity index (χ2n) is 3.73. The summed E-state index contributed by atoms with van der Waals surface area (Å²) in [5.74, 6) is 0. The van der Waals surface area contributed by atoms with Gasteiger partial charge in [-0.3, -0.25) is 0 Å². The average Bonchev–Trinajstić information content (AvgIpc) is 2.26. The molecule has 0 saturated carbocycles. The second kappa shape index (κ2) is 6.26. The van der Waals surface area contributed by atoms with Crippen LogP contribution in [0.2, 0.25) is 0 Å². The molecule has 0 aliphatic carbocycles. The van der Waals surface area contributed by atoms with Crippen molar-refractivity contribution >= 4 is 15.9 Å². The smallest absolute Gasteiger partial charge is 0.0667 e. The van der Waals surface area contributed by atoms with Gasteiger partial charge >= 0.3 is 0 Å². The lowest BCUT2D eigenvalue weighted by atomic mass is 10.1. The van der Waals surface area contributed by atoms with E-state index in [1.165, 1.54) is 5.56 Å². The molecule has 0 aromatic heterocycles. The maximum absolute atomic E-state index is 5.19. The lowest BCUT2D eigenvalue weighted by Gasteiger charge is -2.17. The first-order valence-corrected chi connectivity index (χ1v) is 5.94. The van der Waals surface area contributed by atoms with Crippen molar-refractivity contribution in [1.29, 1.82) is 0 Å². The van der Waals surface area contributed by atoms with Gasteiger partial charge in [0, 0.05) is 24.2 Å². The Bertz CT molecular complexity index is 286. The summed E-state index contributed by atoms with van der Waals surface area (Å²) in [6.07, 6.45) is 0.253. The molecule has 0 aliphatic heterocycles. The SMILES string of the molecule is COC(C)CNC(C)c1ccc(Br)cc1. The van der Waals surface area contributed by atoms with Crippen LogP contribution >= 0.6 is 15.9 Å². The van der Waals surface area contributed by atoms with E-state index >= 15 is 0 Å². The van der Waals surface area contributed by atoms with Crippen molar-refractivity contribution < 1.29 is 4.74 Å². The minimum absolute atomic E-state index is 0.253. The van der Waals surface area contributed by atoms with Crippen LogP contribution in [0.3, 0.4) is 0 Å². The molecule has 3 heteroatoms. The highest BCUT2D eigenvalue weighted by Gasteiger charge is 2.06. The van der Waals surface area contributed by atoms with E-state index in [1.54, 1.807) is 7.11 Å². The van der Waals surface area contributed by atoms with E-state index < -0.39 is 0 Å². The van der Waals surface area contributed by atoms with Crippen molar-refractivity contribution in [1.82, 2.24) is 5.32 Å². The summed E-state index contributed by atoms with van der Waals surface area (Å²) < 4.78 is 6.30. The molecular formula is C12H18BrNO. The van der Waals surface area contributed by atoms with Crippen molar-refractivity contribution in [2.75, 3.05) is 13.7 Å². The van der Waals surface area contributed by atoms with Crippen LogP contribution in [0.1, 0.15) is 25.5 Å². The Morgan fingerprint density at radius 2 is 1.87 bits per heavy atom. The molecule has 2 unspecified atom stereocenters. The molecule has 0 bridgehead atoms. The predicted molar refractivity (Wildman–Crippen MR) is 67.0 cm³/mol. The Kier molecular flexibility index (Phi) is 5.29. The molecule has 1 rings (SSSR count). The standard InChI is InChI=1S/C12H18BrNO/c1-9(15-3)8-14-10(2)11-4-6-12(13)7-5-11/h4-7,9-10,14H,8H2,1-3H3. The first kappa shape index (κ1) is 12.7. The van der Waals surface area contributed by atoms with Gasteiger partial charge in [-0.2, -0.15) is 0 Å². The molecule has 0 radical (unpaired) electrons. The lowest BCUT2D eigenvalue weighted by molar-refractivity contribution is 0.115. The third-order valence-electron chi connectivity index (χ3n) is 2.48. The molecule has 0 spiro atoms. The number of halogens is 1. The van der Waals surface area contributed by atoms with Gasteiger partial charge in [0.25, 0.3) is 0 Å². The number of hydrogen-bond acceptors (Lipinski definition) is 2. The molecule has 0 amide bonds. The van der Waals surface area contributed by atoms with Crippen LogP contribution in [0, 0.1) is 0 Å². The quantitative estimate of drug-likeness (QED) is 0.889. The molecule has 1 aromatic carbocycles. The van der Waals surface area contributed by atoms with Crippen LogP contribution in [0.25, 0.3) is 0 Å². The number of hydrogen-bond donors (Lipinski definition) is 1. The Morgan fingerprint density at radius 1 is 1.27 bits per heavy atom. The molecule has 15 heavy (non-hydrogen) atoms. The van der Waals surface area contributed by atoms with Crippen molar-refractivity contribution in [3.05, 3.63) is 34.3 Å². The molecule has 1 aromatic rings.